The number of ether oxygens (including phenoxy) is 2. The fourth-order valence-electron chi connectivity index (χ4n) is 2.99. The van der Waals surface area contributed by atoms with Gasteiger partial charge in [0.05, 0.1) is 12.7 Å². The molecule has 2 unspecified atom stereocenters. The van der Waals surface area contributed by atoms with E-state index in [2.05, 4.69) is 43.4 Å². The molecule has 0 aliphatic carbocycles. The Morgan fingerprint density at radius 3 is 2.71 bits per heavy atom. The average molecular weight is 291 g/mol. The van der Waals surface area contributed by atoms with E-state index in [1.54, 1.807) is 7.11 Å². The van der Waals surface area contributed by atoms with Crippen molar-refractivity contribution in [2.24, 2.45) is 11.8 Å². The van der Waals surface area contributed by atoms with E-state index in [1.807, 2.05) is 0 Å². The molecule has 21 heavy (non-hydrogen) atoms. The van der Waals surface area contributed by atoms with Gasteiger partial charge in [0.25, 0.3) is 0 Å². The molecule has 0 radical (unpaired) electrons. The largest absolute Gasteiger partial charge is 0.383 e. The number of rotatable bonds is 8. The van der Waals surface area contributed by atoms with E-state index in [9.17, 15) is 0 Å². The Bertz CT molecular complexity index is 402. The Balaban J connectivity index is 1.89. The third kappa shape index (κ3) is 5.10. The van der Waals surface area contributed by atoms with Gasteiger partial charge in [0, 0.05) is 32.7 Å². The second kappa shape index (κ2) is 8.52. The second-order valence-electron chi connectivity index (χ2n) is 6.38. The van der Waals surface area contributed by atoms with Gasteiger partial charge < -0.3 is 14.8 Å². The highest BCUT2D eigenvalue weighted by Crippen LogP contribution is 2.34. The topological polar surface area (TPSA) is 30.5 Å². The van der Waals surface area contributed by atoms with Crippen molar-refractivity contribution in [3.63, 3.8) is 0 Å². The summed E-state index contributed by atoms with van der Waals surface area (Å²) in [4.78, 5) is 0. The monoisotopic (exact) mass is 291 g/mol. The van der Waals surface area contributed by atoms with Crippen LogP contribution in [0.2, 0.25) is 0 Å². The first-order chi connectivity index (χ1) is 10.2. The van der Waals surface area contributed by atoms with E-state index in [0.29, 0.717) is 11.8 Å². The normalized spacial score (nSPS) is 22.1. The second-order valence-corrected chi connectivity index (χ2v) is 6.38. The van der Waals surface area contributed by atoms with Crippen LogP contribution in [-0.4, -0.2) is 33.4 Å². The maximum atomic E-state index is 5.96. The van der Waals surface area contributed by atoms with Crippen LogP contribution >= 0.6 is 0 Å². The summed E-state index contributed by atoms with van der Waals surface area (Å²) in [6, 6.07) is 9.00. The summed E-state index contributed by atoms with van der Waals surface area (Å²) in [5.74, 6) is 1.27. The molecule has 0 spiro atoms. The molecule has 1 aromatic rings. The fourth-order valence-corrected chi connectivity index (χ4v) is 2.99. The molecule has 0 bridgehead atoms. The maximum absolute atomic E-state index is 5.96. The highest BCUT2D eigenvalue weighted by Gasteiger charge is 2.29. The van der Waals surface area contributed by atoms with Crippen LogP contribution < -0.4 is 5.32 Å². The van der Waals surface area contributed by atoms with Crippen LogP contribution in [0.1, 0.15) is 37.5 Å². The molecule has 1 aromatic carbocycles. The summed E-state index contributed by atoms with van der Waals surface area (Å²) >= 11 is 0. The first-order valence-corrected chi connectivity index (χ1v) is 8.10. The molecule has 0 amide bonds. The standard InChI is InChI=1S/C18H29NO2/c1-14(2)12-15-4-6-16(7-5-15)18-17(8-10-21-18)13-19-9-11-20-3/h4-7,14,17-19H,8-13H2,1-3H3. The summed E-state index contributed by atoms with van der Waals surface area (Å²) < 4.78 is 11.0. The summed E-state index contributed by atoms with van der Waals surface area (Å²) in [5, 5.41) is 3.46. The van der Waals surface area contributed by atoms with Crippen molar-refractivity contribution in [3.05, 3.63) is 35.4 Å². The first-order valence-electron chi connectivity index (χ1n) is 8.10. The molecule has 0 aromatic heterocycles. The molecule has 2 atom stereocenters. The zero-order valence-electron chi connectivity index (χ0n) is 13.6. The van der Waals surface area contributed by atoms with Gasteiger partial charge in [-0.05, 0) is 29.9 Å². The Kier molecular flexibility index (Phi) is 6.68. The van der Waals surface area contributed by atoms with Gasteiger partial charge in [-0.15, -0.1) is 0 Å². The molecule has 1 N–H and O–H groups in total. The predicted octanol–water partition coefficient (Wildman–Crippen LogP) is 3.20. The van der Waals surface area contributed by atoms with E-state index in [0.717, 1.165) is 39.1 Å². The van der Waals surface area contributed by atoms with Crippen molar-refractivity contribution >= 4 is 0 Å². The predicted molar refractivity (Wildman–Crippen MR) is 86.5 cm³/mol. The lowest BCUT2D eigenvalue weighted by atomic mass is 9.93. The van der Waals surface area contributed by atoms with E-state index in [1.165, 1.54) is 11.1 Å². The third-order valence-corrected chi connectivity index (χ3v) is 4.06. The van der Waals surface area contributed by atoms with Gasteiger partial charge in [-0.2, -0.15) is 0 Å². The molecule has 118 valence electrons. The number of nitrogens with one attached hydrogen (secondary N) is 1. The van der Waals surface area contributed by atoms with Crippen LogP contribution in [-0.2, 0) is 15.9 Å². The smallest absolute Gasteiger partial charge is 0.0866 e. The van der Waals surface area contributed by atoms with E-state index in [-0.39, 0.29) is 6.10 Å². The lowest BCUT2D eigenvalue weighted by Crippen LogP contribution is -2.27. The molecule has 1 saturated heterocycles. The summed E-state index contributed by atoms with van der Waals surface area (Å²) in [6.07, 6.45) is 2.53. The zero-order valence-corrected chi connectivity index (χ0v) is 13.6. The molecular weight excluding hydrogens is 262 g/mol. The van der Waals surface area contributed by atoms with Gasteiger partial charge in [-0.1, -0.05) is 38.1 Å². The van der Waals surface area contributed by atoms with Gasteiger partial charge in [0.2, 0.25) is 0 Å². The zero-order chi connectivity index (χ0) is 15.1. The Morgan fingerprint density at radius 2 is 2.05 bits per heavy atom. The van der Waals surface area contributed by atoms with Gasteiger partial charge in [-0.3, -0.25) is 0 Å². The Morgan fingerprint density at radius 1 is 1.29 bits per heavy atom. The number of benzene rings is 1. The van der Waals surface area contributed by atoms with Crippen molar-refractivity contribution in [1.29, 1.82) is 0 Å². The highest BCUT2D eigenvalue weighted by atomic mass is 16.5. The minimum absolute atomic E-state index is 0.244. The van der Waals surface area contributed by atoms with Gasteiger partial charge in [-0.25, -0.2) is 0 Å². The Labute approximate surface area is 129 Å². The molecule has 1 aliphatic rings. The third-order valence-electron chi connectivity index (χ3n) is 4.06. The van der Waals surface area contributed by atoms with Crippen molar-refractivity contribution in [2.45, 2.75) is 32.8 Å². The van der Waals surface area contributed by atoms with E-state index >= 15 is 0 Å². The molecule has 1 heterocycles. The molecule has 3 heteroatoms. The van der Waals surface area contributed by atoms with E-state index < -0.39 is 0 Å². The van der Waals surface area contributed by atoms with Crippen molar-refractivity contribution in [1.82, 2.24) is 5.32 Å². The van der Waals surface area contributed by atoms with Gasteiger partial charge in [0.1, 0.15) is 0 Å². The molecular formula is C18H29NO2. The van der Waals surface area contributed by atoms with Gasteiger partial charge >= 0.3 is 0 Å². The maximum Gasteiger partial charge on any atom is 0.0866 e. The van der Waals surface area contributed by atoms with Crippen LogP contribution in [0.25, 0.3) is 0 Å². The molecule has 3 nitrogen and oxygen atoms in total. The summed E-state index contributed by atoms with van der Waals surface area (Å²) in [7, 11) is 1.74. The number of methoxy groups -OCH3 is 1. The number of hydrogen-bond donors (Lipinski definition) is 1. The van der Waals surface area contributed by atoms with Gasteiger partial charge in [0.15, 0.2) is 0 Å². The van der Waals surface area contributed by atoms with Crippen LogP contribution in [0.15, 0.2) is 24.3 Å². The minimum atomic E-state index is 0.244. The van der Waals surface area contributed by atoms with Crippen molar-refractivity contribution < 1.29 is 9.47 Å². The van der Waals surface area contributed by atoms with Crippen LogP contribution in [0.4, 0.5) is 0 Å². The quantitative estimate of drug-likeness (QED) is 0.746. The van der Waals surface area contributed by atoms with Crippen molar-refractivity contribution in [2.75, 3.05) is 33.4 Å². The van der Waals surface area contributed by atoms with Crippen LogP contribution in [0.3, 0.4) is 0 Å². The van der Waals surface area contributed by atoms with E-state index in [4.69, 9.17) is 9.47 Å². The SMILES string of the molecule is COCCNCC1CCOC1c1ccc(CC(C)C)cc1. The van der Waals surface area contributed by atoms with Crippen LogP contribution in [0.5, 0.6) is 0 Å². The number of hydrogen-bond acceptors (Lipinski definition) is 3. The fraction of sp³-hybridized carbons (Fsp3) is 0.667. The molecule has 2 rings (SSSR count). The summed E-state index contributed by atoms with van der Waals surface area (Å²) in [5.41, 5.74) is 2.74. The lowest BCUT2D eigenvalue weighted by molar-refractivity contribution is 0.0898. The molecule has 1 fully saturated rings. The minimum Gasteiger partial charge on any atom is -0.383 e. The average Bonchev–Trinajstić information content (AvgIpc) is 2.92. The molecule has 1 aliphatic heterocycles. The Hall–Kier alpha value is -0.900. The summed E-state index contributed by atoms with van der Waals surface area (Å²) in [6.45, 7) is 8.07. The van der Waals surface area contributed by atoms with Crippen LogP contribution in [0, 0.1) is 11.8 Å². The highest BCUT2D eigenvalue weighted by molar-refractivity contribution is 5.25. The van der Waals surface area contributed by atoms with Crippen molar-refractivity contribution in [3.8, 4) is 0 Å². The first kappa shape index (κ1) is 16.5. The lowest BCUT2D eigenvalue weighted by Gasteiger charge is -2.20. The molecule has 0 saturated carbocycles.